The fourth-order valence-corrected chi connectivity index (χ4v) is 5.27. The van der Waals surface area contributed by atoms with Crippen LogP contribution in [0.1, 0.15) is 18.4 Å². The molecule has 4 rings (SSSR count). The highest BCUT2D eigenvalue weighted by atomic mass is 32.2. The van der Waals surface area contributed by atoms with Gasteiger partial charge in [0.05, 0.1) is 20.3 Å². The fraction of sp³-hybridized carbons (Fsp3) is 0.476. The Kier molecular flexibility index (Phi) is 6.22. The van der Waals surface area contributed by atoms with Gasteiger partial charge in [0, 0.05) is 5.75 Å². The van der Waals surface area contributed by atoms with Crippen LogP contribution in [0.3, 0.4) is 0 Å². The van der Waals surface area contributed by atoms with Gasteiger partial charge in [-0.05, 0) is 36.1 Å². The molecule has 3 aliphatic heterocycles. The maximum atomic E-state index is 13.1. The molecular formula is C21H24N2O7S. The van der Waals surface area contributed by atoms with Crippen molar-refractivity contribution in [1.29, 1.82) is 0 Å². The molecule has 10 heteroatoms. The summed E-state index contributed by atoms with van der Waals surface area (Å²) < 4.78 is 21.3. The van der Waals surface area contributed by atoms with Crippen molar-refractivity contribution in [3.63, 3.8) is 0 Å². The largest absolute Gasteiger partial charge is 0.497 e. The number of ether oxygens (including phenoxy) is 4. The van der Waals surface area contributed by atoms with Gasteiger partial charge in [-0.15, -0.1) is 11.8 Å². The number of carbonyl (C=O) groups excluding carboxylic acids is 3. The van der Waals surface area contributed by atoms with Crippen LogP contribution in [0.2, 0.25) is 0 Å². The molecule has 0 aromatic heterocycles. The van der Waals surface area contributed by atoms with E-state index >= 15 is 0 Å². The van der Waals surface area contributed by atoms with E-state index in [-0.39, 0.29) is 23.6 Å². The quantitative estimate of drug-likeness (QED) is 0.501. The zero-order valence-electron chi connectivity index (χ0n) is 17.2. The smallest absolute Gasteiger partial charge is 0.355 e. The molecule has 166 valence electrons. The Labute approximate surface area is 183 Å². The fourth-order valence-electron chi connectivity index (χ4n) is 3.91. The van der Waals surface area contributed by atoms with E-state index in [1.54, 1.807) is 31.4 Å². The Balaban J connectivity index is 1.55. The molecule has 1 aromatic carbocycles. The molecule has 3 heterocycles. The number of hydrogen-bond acceptors (Lipinski definition) is 9. The Morgan fingerprint density at radius 1 is 1.23 bits per heavy atom. The van der Waals surface area contributed by atoms with Crippen LogP contribution < -0.4 is 10.5 Å². The Morgan fingerprint density at radius 3 is 2.65 bits per heavy atom. The minimum absolute atomic E-state index is 0.0435. The summed E-state index contributed by atoms with van der Waals surface area (Å²) in [6, 6.07) is 6.50. The lowest BCUT2D eigenvalue weighted by Gasteiger charge is -2.48. The predicted molar refractivity (Wildman–Crippen MR) is 111 cm³/mol. The summed E-state index contributed by atoms with van der Waals surface area (Å²) in [6.45, 7) is 0.0435. The van der Waals surface area contributed by atoms with Crippen molar-refractivity contribution in [2.75, 3.05) is 20.0 Å². The molecule has 2 saturated heterocycles. The van der Waals surface area contributed by atoms with E-state index < -0.39 is 30.2 Å². The van der Waals surface area contributed by atoms with E-state index in [0.717, 1.165) is 5.56 Å². The number of nitrogens with zero attached hydrogens (tertiary/aromatic N) is 1. The number of amides is 1. The first-order valence-electron chi connectivity index (χ1n) is 9.91. The van der Waals surface area contributed by atoms with Gasteiger partial charge >= 0.3 is 11.9 Å². The summed E-state index contributed by atoms with van der Waals surface area (Å²) in [6.07, 6.45) is -0.123. The van der Waals surface area contributed by atoms with Crippen molar-refractivity contribution >= 4 is 29.6 Å². The van der Waals surface area contributed by atoms with Crippen LogP contribution >= 0.6 is 11.8 Å². The first kappa shape index (κ1) is 21.7. The maximum Gasteiger partial charge on any atom is 0.355 e. The maximum absolute atomic E-state index is 13.1. The number of rotatable bonds is 6. The van der Waals surface area contributed by atoms with Crippen LogP contribution in [0.15, 0.2) is 35.5 Å². The molecule has 4 atom stereocenters. The third-order valence-electron chi connectivity index (χ3n) is 5.63. The highest BCUT2D eigenvalue weighted by Crippen LogP contribution is 2.43. The van der Waals surface area contributed by atoms with Gasteiger partial charge in [0.15, 0.2) is 6.10 Å². The number of β-lactam (4-membered cyclic amide) rings is 1. The Bertz CT molecular complexity index is 917. The first-order valence-corrected chi connectivity index (χ1v) is 11.0. The van der Waals surface area contributed by atoms with Gasteiger partial charge in [-0.3, -0.25) is 9.69 Å². The second kappa shape index (κ2) is 8.89. The topological polar surface area (TPSA) is 117 Å². The zero-order valence-corrected chi connectivity index (χ0v) is 18.1. The Morgan fingerprint density at radius 2 is 1.97 bits per heavy atom. The normalized spacial score (nSPS) is 27.5. The second-order valence-corrected chi connectivity index (χ2v) is 8.55. The van der Waals surface area contributed by atoms with Crippen LogP contribution in [-0.2, 0) is 35.2 Å². The van der Waals surface area contributed by atoms with Gasteiger partial charge in [-0.25, -0.2) is 9.59 Å². The third kappa shape index (κ3) is 4.02. The molecule has 0 radical (unpaired) electrons. The van der Waals surface area contributed by atoms with Crippen LogP contribution in [-0.4, -0.2) is 66.3 Å². The van der Waals surface area contributed by atoms with E-state index in [0.29, 0.717) is 29.9 Å². The lowest BCUT2D eigenvalue weighted by molar-refractivity contribution is -0.153. The van der Waals surface area contributed by atoms with Gasteiger partial charge in [0.2, 0.25) is 5.91 Å². The van der Waals surface area contributed by atoms with Gasteiger partial charge in [-0.2, -0.15) is 0 Å². The van der Waals surface area contributed by atoms with E-state index in [2.05, 4.69) is 0 Å². The van der Waals surface area contributed by atoms with Crippen molar-refractivity contribution in [3.8, 4) is 5.75 Å². The molecule has 1 aromatic rings. The Hall–Kier alpha value is -2.56. The summed E-state index contributed by atoms with van der Waals surface area (Å²) in [4.78, 5) is 38.8. The summed E-state index contributed by atoms with van der Waals surface area (Å²) in [7, 11) is 2.88. The van der Waals surface area contributed by atoms with E-state index in [9.17, 15) is 14.4 Å². The van der Waals surface area contributed by atoms with Gasteiger partial charge in [-0.1, -0.05) is 12.1 Å². The number of benzene rings is 1. The molecule has 3 aliphatic rings. The third-order valence-corrected chi connectivity index (χ3v) is 6.96. The molecule has 31 heavy (non-hydrogen) atoms. The average Bonchev–Trinajstić information content (AvgIpc) is 3.31. The number of methoxy groups -OCH3 is 2. The SMILES string of the molecule is COC(=O)C1CC[C@@H](C2=C(C(=O)OCc3ccc(OC)cc3)N3C(=O)[C@@H](N)[C@H]3SC2)O1. The number of esters is 2. The number of carbonyl (C=O) groups is 3. The van der Waals surface area contributed by atoms with E-state index in [1.807, 2.05) is 0 Å². The van der Waals surface area contributed by atoms with Crippen molar-refractivity contribution in [1.82, 2.24) is 4.90 Å². The van der Waals surface area contributed by atoms with Crippen LogP contribution in [0.5, 0.6) is 5.75 Å². The summed E-state index contributed by atoms with van der Waals surface area (Å²) in [5, 5.41) is -0.308. The van der Waals surface area contributed by atoms with Crippen molar-refractivity contribution in [3.05, 3.63) is 41.1 Å². The van der Waals surface area contributed by atoms with Crippen LogP contribution in [0.4, 0.5) is 0 Å². The summed E-state index contributed by atoms with van der Waals surface area (Å²) in [5.74, 6) is -0.218. The van der Waals surface area contributed by atoms with Gasteiger partial charge in [0.1, 0.15) is 29.5 Å². The monoisotopic (exact) mass is 448 g/mol. The number of hydrogen-bond donors (Lipinski definition) is 1. The number of thioether (sulfide) groups is 1. The summed E-state index contributed by atoms with van der Waals surface area (Å²) >= 11 is 1.48. The molecule has 9 nitrogen and oxygen atoms in total. The first-order chi connectivity index (χ1) is 14.9. The zero-order chi connectivity index (χ0) is 22.1. The summed E-state index contributed by atoms with van der Waals surface area (Å²) in [5.41, 5.74) is 7.53. The molecule has 0 aliphatic carbocycles. The predicted octanol–water partition coefficient (Wildman–Crippen LogP) is 0.955. The lowest BCUT2D eigenvalue weighted by atomic mass is 9.99. The van der Waals surface area contributed by atoms with Crippen molar-refractivity contribution in [2.24, 2.45) is 5.73 Å². The van der Waals surface area contributed by atoms with Crippen molar-refractivity contribution < 1.29 is 33.3 Å². The van der Waals surface area contributed by atoms with Crippen LogP contribution in [0, 0.1) is 0 Å². The second-order valence-electron chi connectivity index (χ2n) is 7.45. The lowest BCUT2D eigenvalue weighted by Crippen LogP contribution is -2.68. The molecule has 0 saturated carbocycles. The number of nitrogens with two attached hydrogens (primary N) is 1. The molecule has 0 spiro atoms. The minimum atomic E-state index is -0.684. The van der Waals surface area contributed by atoms with E-state index in [4.69, 9.17) is 24.7 Å². The molecule has 1 amide bonds. The standard InChI is InChI=1S/C21H24N2O7S/c1-27-12-5-3-11(4-6-12)9-29-21(26)17-13(10-31-19-16(22)18(24)23(17)19)14-7-8-15(30-14)20(25)28-2/h3-6,14-16,19H,7-10,22H2,1-2H3/t14-,15?,16+,19+/m0/s1. The molecule has 2 fully saturated rings. The molecule has 0 bridgehead atoms. The highest BCUT2D eigenvalue weighted by Gasteiger charge is 2.53. The van der Waals surface area contributed by atoms with Gasteiger partial charge in [0.25, 0.3) is 0 Å². The van der Waals surface area contributed by atoms with E-state index in [1.165, 1.54) is 23.8 Å². The van der Waals surface area contributed by atoms with Gasteiger partial charge < -0.3 is 24.7 Å². The molecule has 1 unspecified atom stereocenters. The van der Waals surface area contributed by atoms with Crippen molar-refractivity contribution in [2.45, 2.75) is 43.1 Å². The average molecular weight is 448 g/mol. The highest BCUT2D eigenvalue weighted by molar-refractivity contribution is 8.00. The molecule has 2 N–H and O–H groups in total. The molecular weight excluding hydrogens is 424 g/mol. The minimum Gasteiger partial charge on any atom is -0.497 e. The van der Waals surface area contributed by atoms with Crippen LogP contribution in [0.25, 0.3) is 0 Å². The number of fused-ring (bicyclic) bond motifs is 1.